The fourth-order valence-corrected chi connectivity index (χ4v) is 2.78. The van der Waals surface area contributed by atoms with Crippen LogP contribution in [0.2, 0.25) is 0 Å². The molecule has 1 heterocycles. The van der Waals surface area contributed by atoms with E-state index < -0.39 is 0 Å². The number of rotatable bonds is 1. The Hall–Kier alpha value is -0.0800. The predicted octanol–water partition coefficient (Wildman–Crippen LogP) is 1.60. The molecule has 0 radical (unpaired) electrons. The number of likely N-dealkylation sites (tertiary alicyclic amines) is 1. The van der Waals surface area contributed by atoms with Gasteiger partial charge in [-0.2, -0.15) is 0 Å². The molecule has 2 fully saturated rings. The van der Waals surface area contributed by atoms with Crippen LogP contribution >= 0.6 is 0 Å². The molecule has 0 aromatic heterocycles. The molecule has 2 atom stereocenters. The van der Waals surface area contributed by atoms with Gasteiger partial charge in [0.05, 0.1) is 0 Å². The van der Waals surface area contributed by atoms with E-state index in [4.69, 9.17) is 5.73 Å². The van der Waals surface area contributed by atoms with Crippen LogP contribution in [0.3, 0.4) is 0 Å². The second-order valence-corrected chi connectivity index (χ2v) is 5.28. The fourth-order valence-electron chi connectivity index (χ4n) is 2.78. The molecular formula is C11H22N2. The predicted molar refractivity (Wildman–Crippen MR) is 55.6 cm³/mol. The van der Waals surface area contributed by atoms with E-state index in [0.29, 0.717) is 11.5 Å². The van der Waals surface area contributed by atoms with E-state index in [-0.39, 0.29) is 0 Å². The van der Waals surface area contributed by atoms with Crippen molar-refractivity contribution in [1.29, 1.82) is 0 Å². The third-order valence-electron chi connectivity index (χ3n) is 4.12. The van der Waals surface area contributed by atoms with Crippen molar-refractivity contribution in [3.05, 3.63) is 0 Å². The van der Waals surface area contributed by atoms with Crippen LogP contribution in [0.1, 0.15) is 39.5 Å². The molecule has 2 rings (SSSR count). The van der Waals surface area contributed by atoms with Gasteiger partial charge in [0.25, 0.3) is 0 Å². The van der Waals surface area contributed by atoms with Gasteiger partial charge in [0.2, 0.25) is 0 Å². The van der Waals surface area contributed by atoms with E-state index in [1.165, 1.54) is 38.8 Å². The second-order valence-electron chi connectivity index (χ2n) is 5.28. The topological polar surface area (TPSA) is 29.3 Å². The molecule has 0 spiro atoms. The van der Waals surface area contributed by atoms with Crippen molar-refractivity contribution in [2.24, 2.45) is 11.1 Å². The fraction of sp³-hybridized carbons (Fsp3) is 1.00. The van der Waals surface area contributed by atoms with Gasteiger partial charge in [-0.3, -0.25) is 4.90 Å². The Morgan fingerprint density at radius 1 is 1.15 bits per heavy atom. The van der Waals surface area contributed by atoms with Crippen LogP contribution in [-0.2, 0) is 0 Å². The van der Waals surface area contributed by atoms with Gasteiger partial charge in [0.15, 0.2) is 0 Å². The summed E-state index contributed by atoms with van der Waals surface area (Å²) >= 11 is 0. The van der Waals surface area contributed by atoms with Gasteiger partial charge >= 0.3 is 0 Å². The first kappa shape index (κ1) is 9.47. The van der Waals surface area contributed by atoms with Gasteiger partial charge in [0, 0.05) is 12.1 Å². The maximum absolute atomic E-state index is 6.03. The zero-order valence-corrected chi connectivity index (χ0v) is 8.92. The summed E-state index contributed by atoms with van der Waals surface area (Å²) in [6.45, 7) is 7.25. The van der Waals surface area contributed by atoms with Crippen molar-refractivity contribution in [3.63, 3.8) is 0 Å². The second kappa shape index (κ2) is 3.25. The number of nitrogens with zero attached hydrogens (tertiary/aromatic N) is 1. The molecular weight excluding hydrogens is 160 g/mol. The van der Waals surface area contributed by atoms with Gasteiger partial charge in [-0.25, -0.2) is 0 Å². The average molecular weight is 182 g/mol. The lowest BCUT2D eigenvalue weighted by Crippen LogP contribution is -2.65. The minimum absolute atomic E-state index is 0.358. The van der Waals surface area contributed by atoms with Gasteiger partial charge in [-0.15, -0.1) is 0 Å². The third kappa shape index (κ3) is 1.50. The first-order chi connectivity index (χ1) is 6.12. The normalized spacial score (nSPS) is 39.9. The lowest BCUT2D eigenvalue weighted by Gasteiger charge is -2.56. The van der Waals surface area contributed by atoms with Crippen LogP contribution in [0.25, 0.3) is 0 Å². The van der Waals surface area contributed by atoms with Crippen molar-refractivity contribution in [2.45, 2.75) is 51.6 Å². The summed E-state index contributed by atoms with van der Waals surface area (Å²) in [5.41, 5.74) is 6.39. The summed E-state index contributed by atoms with van der Waals surface area (Å²) in [7, 11) is 0. The van der Waals surface area contributed by atoms with Crippen molar-refractivity contribution >= 4 is 0 Å². The Balaban J connectivity index is 1.94. The van der Waals surface area contributed by atoms with E-state index in [0.717, 1.165) is 6.04 Å². The maximum atomic E-state index is 6.03. The van der Waals surface area contributed by atoms with Crippen LogP contribution in [0.15, 0.2) is 0 Å². The molecule has 1 aliphatic carbocycles. The molecule has 2 nitrogen and oxygen atoms in total. The Bertz CT molecular complexity index is 183. The molecule has 2 unspecified atom stereocenters. The summed E-state index contributed by atoms with van der Waals surface area (Å²) in [6.07, 6.45) is 5.42. The molecule has 0 aromatic rings. The highest BCUT2D eigenvalue weighted by Crippen LogP contribution is 2.43. The minimum Gasteiger partial charge on any atom is -0.327 e. The lowest BCUT2D eigenvalue weighted by atomic mass is 9.62. The van der Waals surface area contributed by atoms with E-state index in [1.807, 2.05) is 0 Å². The summed E-state index contributed by atoms with van der Waals surface area (Å²) in [5.74, 6) is 0. The SMILES string of the molecule is CC1(C)C(N)CC1N1CCCCC1. The summed E-state index contributed by atoms with van der Waals surface area (Å²) in [5, 5.41) is 0. The number of hydrogen-bond acceptors (Lipinski definition) is 2. The Morgan fingerprint density at radius 3 is 2.23 bits per heavy atom. The maximum Gasteiger partial charge on any atom is 0.0176 e. The Morgan fingerprint density at radius 2 is 1.77 bits per heavy atom. The molecule has 0 aromatic carbocycles. The Kier molecular flexibility index (Phi) is 2.37. The van der Waals surface area contributed by atoms with Crippen molar-refractivity contribution in [2.75, 3.05) is 13.1 Å². The van der Waals surface area contributed by atoms with Gasteiger partial charge in [-0.05, 0) is 37.8 Å². The quantitative estimate of drug-likeness (QED) is 0.667. The van der Waals surface area contributed by atoms with E-state index in [9.17, 15) is 0 Å². The average Bonchev–Trinajstić information content (AvgIpc) is 2.15. The Labute approximate surface area is 81.5 Å². The minimum atomic E-state index is 0.358. The third-order valence-corrected chi connectivity index (χ3v) is 4.12. The van der Waals surface area contributed by atoms with Gasteiger partial charge in [0.1, 0.15) is 0 Å². The molecule has 13 heavy (non-hydrogen) atoms. The number of nitrogens with two attached hydrogens (primary N) is 1. The summed E-state index contributed by atoms with van der Waals surface area (Å²) in [4.78, 5) is 2.66. The molecule has 1 saturated carbocycles. The van der Waals surface area contributed by atoms with Gasteiger partial charge < -0.3 is 5.73 Å². The van der Waals surface area contributed by atoms with Crippen molar-refractivity contribution in [1.82, 2.24) is 4.90 Å². The van der Waals surface area contributed by atoms with Crippen LogP contribution in [-0.4, -0.2) is 30.1 Å². The largest absolute Gasteiger partial charge is 0.327 e. The van der Waals surface area contributed by atoms with Crippen LogP contribution in [0.5, 0.6) is 0 Å². The highest BCUT2D eigenvalue weighted by Gasteiger charge is 2.48. The van der Waals surface area contributed by atoms with E-state index in [2.05, 4.69) is 18.7 Å². The number of piperidine rings is 1. The summed E-state index contributed by atoms with van der Waals surface area (Å²) in [6, 6.07) is 1.20. The molecule has 0 bridgehead atoms. The van der Waals surface area contributed by atoms with Crippen LogP contribution < -0.4 is 5.73 Å². The molecule has 2 N–H and O–H groups in total. The van der Waals surface area contributed by atoms with Crippen LogP contribution in [0.4, 0.5) is 0 Å². The highest BCUT2D eigenvalue weighted by molar-refractivity contribution is 5.05. The number of hydrogen-bond donors (Lipinski definition) is 1. The zero-order valence-electron chi connectivity index (χ0n) is 8.92. The molecule has 1 saturated heterocycles. The smallest absolute Gasteiger partial charge is 0.0176 e. The standard InChI is InChI=1S/C11H22N2/c1-11(2)9(12)8-10(11)13-6-4-3-5-7-13/h9-10H,3-8,12H2,1-2H3. The van der Waals surface area contributed by atoms with Crippen molar-refractivity contribution in [3.8, 4) is 0 Å². The monoisotopic (exact) mass is 182 g/mol. The van der Waals surface area contributed by atoms with Crippen molar-refractivity contribution < 1.29 is 0 Å². The molecule has 76 valence electrons. The summed E-state index contributed by atoms with van der Waals surface area (Å²) < 4.78 is 0. The van der Waals surface area contributed by atoms with Gasteiger partial charge in [-0.1, -0.05) is 20.3 Å². The lowest BCUT2D eigenvalue weighted by molar-refractivity contribution is -0.0301. The zero-order chi connectivity index (χ0) is 9.47. The van der Waals surface area contributed by atoms with E-state index in [1.54, 1.807) is 0 Å². The molecule has 0 amide bonds. The van der Waals surface area contributed by atoms with Crippen LogP contribution in [0, 0.1) is 5.41 Å². The molecule has 2 aliphatic rings. The molecule has 2 heteroatoms. The first-order valence-corrected chi connectivity index (χ1v) is 5.62. The van der Waals surface area contributed by atoms with E-state index >= 15 is 0 Å². The molecule has 1 aliphatic heterocycles. The first-order valence-electron chi connectivity index (χ1n) is 5.62. The highest BCUT2D eigenvalue weighted by atomic mass is 15.2.